The third-order valence-electron chi connectivity index (χ3n) is 5.39. The first-order valence-corrected chi connectivity index (χ1v) is 12.4. The Labute approximate surface area is 197 Å². The van der Waals surface area contributed by atoms with E-state index in [0.717, 1.165) is 31.7 Å². The molecule has 1 aliphatic carbocycles. The molecule has 1 saturated carbocycles. The van der Waals surface area contributed by atoms with Gasteiger partial charge in [0, 0.05) is 42.5 Å². The third kappa shape index (κ3) is 7.25. The van der Waals surface area contributed by atoms with Crippen molar-refractivity contribution in [1.82, 2.24) is 15.4 Å². The number of anilines is 1. The summed E-state index contributed by atoms with van der Waals surface area (Å²) in [5, 5.41) is 19.0. The molecule has 182 valence electrons. The maximum atomic E-state index is 12.4. The molecule has 2 aromatic rings. The Morgan fingerprint density at radius 1 is 1.00 bits per heavy atom. The zero-order chi connectivity index (χ0) is 24.6. The number of amides is 3. The standard InChI is InChI=1S/C22H27N5O6S/c28-21(25-17-5-2-1-3-6-17)16-9-11-18(12-10-16)26-22(29)23-13-14-24-34(32,33)20-8-4-7-19(15-20)27(30)31/h4,7-12,15,17,24H,1-3,5-6,13-14H2,(H,25,28)(H2,23,26,29). The lowest BCUT2D eigenvalue weighted by molar-refractivity contribution is -0.385. The molecule has 0 aromatic heterocycles. The second kappa shape index (κ2) is 11.6. The van der Waals surface area contributed by atoms with Gasteiger partial charge in [0.1, 0.15) is 0 Å². The van der Waals surface area contributed by atoms with Gasteiger partial charge in [0.2, 0.25) is 10.0 Å². The molecule has 2 aromatic carbocycles. The summed E-state index contributed by atoms with van der Waals surface area (Å²) in [4.78, 5) is 34.3. The van der Waals surface area contributed by atoms with Gasteiger partial charge in [-0.1, -0.05) is 25.3 Å². The van der Waals surface area contributed by atoms with Crippen LogP contribution in [0.2, 0.25) is 0 Å². The molecule has 0 saturated heterocycles. The quantitative estimate of drug-likeness (QED) is 0.241. The topological polar surface area (TPSA) is 160 Å². The average molecular weight is 490 g/mol. The van der Waals surface area contributed by atoms with Crippen LogP contribution in [0.5, 0.6) is 0 Å². The lowest BCUT2D eigenvalue weighted by atomic mass is 9.95. The summed E-state index contributed by atoms with van der Waals surface area (Å²) in [6.07, 6.45) is 5.44. The van der Waals surface area contributed by atoms with Gasteiger partial charge in [0.25, 0.3) is 11.6 Å². The van der Waals surface area contributed by atoms with Gasteiger partial charge in [-0.25, -0.2) is 17.9 Å². The Kier molecular flexibility index (Phi) is 8.55. The Balaban J connectivity index is 1.42. The Morgan fingerprint density at radius 2 is 1.71 bits per heavy atom. The second-order valence-electron chi connectivity index (χ2n) is 7.92. The van der Waals surface area contributed by atoms with E-state index in [9.17, 15) is 28.1 Å². The number of hydrogen-bond donors (Lipinski definition) is 4. The lowest BCUT2D eigenvalue weighted by Gasteiger charge is -2.22. The van der Waals surface area contributed by atoms with Crippen molar-refractivity contribution in [3.8, 4) is 0 Å². The molecular weight excluding hydrogens is 462 g/mol. The highest BCUT2D eigenvalue weighted by Crippen LogP contribution is 2.19. The number of carbonyl (C=O) groups excluding carboxylic acids is 2. The Hall–Kier alpha value is -3.51. The van der Waals surface area contributed by atoms with Gasteiger partial charge in [-0.05, 0) is 43.2 Å². The van der Waals surface area contributed by atoms with Crippen LogP contribution in [-0.2, 0) is 10.0 Å². The van der Waals surface area contributed by atoms with E-state index in [1.807, 2.05) is 0 Å². The summed E-state index contributed by atoms with van der Waals surface area (Å²) >= 11 is 0. The van der Waals surface area contributed by atoms with Crippen molar-refractivity contribution in [3.63, 3.8) is 0 Å². The van der Waals surface area contributed by atoms with Crippen LogP contribution in [-0.4, -0.2) is 44.4 Å². The van der Waals surface area contributed by atoms with Gasteiger partial charge in [-0.2, -0.15) is 0 Å². The third-order valence-corrected chi connectivity index (χ3v) is 6.85. The van der Waals surface area contributed by atoms with E-state index < -0.39 is 21.0 Å². The number of nitro benzene ring substituents is 1. The average Bonchev–Trinajstić information content (AvgIpc) is 2.83. The minimum absolute atomic E-state index is 0.0120. The molecule has 3 rings (SSSR count). The second-order valence-corrected chi connectivity index (χ2v) is 9.69. The molecule has 0 unspecified atom stereocenters. The van der Waals surface area contributed by atoms with Gasteiger partial charge in [-0.3, -0.25) is 14.9 Å². The highest BCUT2D eigenvalue weighted by atomic mass is 32.2. The fraction of sp³-hybridized carbons (Fsp3) is 0.364. The maximum Gasteiger partial charge on any atom is 0.319 e. The van der Waals surface area contributed by atoms with Crippen molar-refractivity contribution in [2.45, 2.75) is 43.0 Å². The molecule has 1 aliphatic rings. The van der Waals surface area contributed by atoms with E-state index >= 15 is 0 Å². The number of sulfonamides is 1. The minimum atomic E-state index is -3.96. The van der Waals surface area contributed by atoms with Crippen LogP contribution in [0.1, 0.15) is 42.5 Å². The predicted molar refractivity (Wildman–Crippen MR) is 126 cm³/mol. The Morgan fingerprint density at radius 3 is 2.38 bits per heavy atom. The molecule has 0 heterocycles. The van der Waals surface area contributed by atoms with E-state index in [1.54, 1.807) is 24.3 Å². The summed E-state index contributed by atoms with van der Waals surface area (Å²) in [5.41, 5.74) is 0.647. The summed E-state index contributed by atoms with van der Waals surface area (Å²) in [6, 6.07) is 10.8. The van der Waals surface area contributed by atoms with Crippen LogP contribution >= 0.6 is 0 Å². The summed E-state index contributed by atoms with van der Waals surface area (Å²) in [6.45, 7) is -0.124. The molecule has 0 atom stereocenters. The first kappa shape index (κ1) is 25.1. The van der Waals surface area contributed by atoms with Gasteiger partial charge in [0.15, 0.2) is 0 Å². The molecule has 1 fully saturated rings. The van der Waals surface area contributed by atoms with Gasteiger partial charge < -0.3 is 16.0 Å². The van der Waals surface area contributed by atoms with Crippen LogP contribution in [0.25, 0.3) is 0 Å². The number of rotatable bonds is 9. The molecule has 3 amide bonds. The monoisotopic (exact) mass is 489 g/mol. The van der Waals surface area contributed by atoms with E-state index in [1.165, 1.54) is 24.6 Å². The molecule has 0 spiro atoms. The maximum absolute atomic E-state index is 12.4. The zero-order valence-corrected chi connectivity index (χ0v) is 19.3. The van der Waals surface area contributed by atoms with E-state index in [4.69, 9.17) is 0 Å². The van der Waals surface area contributed by atoms with Gasteiger partial charge in [-0.15, -0.1) is 0 Å². The zero-order valence-electron chi connectivity index (χ0n) is 18.5. The molecule has 12 heteroatoms. The lowest BCUT2D eigenvalue weighted by Crippen LogP contribution is -2.37. The fourth-order valence-corrected chi connectivity index (χ4v) is 4.68. The number of urea groups is 1. The molecule has 34 heavy (non-hydrogen) atoms. The van der Waals surface area contributed by atoms with E-state index in [2.05, 4.69) is 20.7 Å². The van der Waals surface area contributed by atoms with Crippen molar-refractivity contribution < 1.29 is 22.9 Å². The number of non-ortho nitro benzene ring substituents is 1. The van der Waals surface area contributed by atoms with Crippen molar-refractivity contribution in [1.29, 1.82) is 0 Å². The normalized spacial score (nSPS) is 14.2. The number of hydrogen-bond acceptors (Lipinski definition) is 6. The summed E-state index contributed by atoms with van der Waals surface area (Å²) in [5.74, 6) is -0.140. The number of nitro groups is 1. The van der Waals surface area contributed by atoms with Crippen LogP contribution in [0.15, 0.2) is 53.4 Å². The molecule has 0 radical (unpaired) electrons. The molecule has 0 aliphatic heterocycles. The van der Waals surface area contributed by atoms with Crippen LogP contribution in [0, 0.1) is 10.1 Å². The Bertz CT molecular complexity index is 1130. The van der Waals surface area contributed by atoms with Crippen molar-refractivity contribution >= 4 is 33.3 Å². The first-order valence-electron chi connectivity index (χ1n) is 10.9. The molecule has 4 N–H and O–H groups in total. The van der Waals surface area contributed by atoms with Gasteiger partial charge in [0.05, 0.1) is 9.82 Å². The fourth-order valence-electron chi connectivity index (χ4n) is 3.60. The molecule has 11 nitrogen and oxygen atoms in total. The van der Waals surface area contributed by atoms with Gasteiger partial charge >= 0.3 is 6.03 Å². The number of nitrogens with one attached hydrogen (secondary N) is 4. The largest absolute Gasteiger partial charge is 0.349 e. The molecule has 0 bridgehead atoms. The van der Waals surface area contributed by atoms with Crippen LogP contribution < -0.4 is 20.7 Å². The highest BCUT2D eigenvalue weighted by Gasteiger charge is 2.18. The summed E-state index contributed by atoms with van der Waals surface area (Å²) < 4.78 is 26.8. The first-order chi connectivity index (χ1) is 16.2. The number of nitrogens with zero attached hydrogens (tertiary/aromatic N) is 1. The number of benzene rings is 2. The van der Waals surface area contributed by atoms with Crippen LogP contribution in [0.4, 0.5) is 16.2 Å². The summed E-state index contributed by atoms with van der Waals surface area (Å²) in [7, 11) is -3.96. The van der Waals surface area contributed by atoms with Crippen molar-refractivity contribution in [2.24, 2.45) is 0 Å². The predicted octanol–water partition coefficient (Wildman–Crippen LogP) is 2.76. The SMILES string of the molecule is O=C(NCCNS(=O)(=O)c1cccc([N+](=O)[O-])c1)Nc1ccc(C(=O)NC2CCCCC2)cc1. The highest BCUT2D eigenvalue weighted by molar-refractivity contribution is 7.89. The number of carbonyl (C=O) groups is 2. The minimum Gasteiger partial charge on any atom is -0.349 e. The van der Waals surface area contributed by atoms with Crippen LogP contribution in [0.3, 0.4) is 0 Å². The van der Waals surface area contributed by atoms with Crippen molar-refractivity contribution in [3.05, 3.63) is 64.2 Å². The smallest absolute Gasteiger partial charge is 0.319 e. The molecular formula is C22H27N5O6S. The van der Waals surface area contributed by atoms with Crippen molar-refractivity contribution in [2.75, 3.05) is 18.4 Å². The van der Waals surface area contributed by atoms with E-state index in [0.29, 0.717) is 11.3 Å². The van der Waals surface area contributed by atoms with E-state index in [-0.39, 0.29) is 35.6 Å².